The third-order valence-electron chi connectivity index (χ3n) is 3.21. The molecule has 7 nitrogen and oxygen atoms in total. The minimum absolute atomic E-state index is 0.437. The summed E-state index contributed by atoms with van der Waals surface area (Å²) in [5, 5.41) is 3.16. The van der Waals surface area contributed by atoms with E-state index < -0.39 is 5.91 Å². The fourth-order valence-electron chi connectivity index (χ4n) is 2.03. The van der Waals surface area contributed by atoms with Gasteiger partial charge >= 0.3 is 0 Å². The molecule has 0 atom stereocenters. The molecule has 3 rings (SSSR count). The molecular formula is C14H22N4O3. The topological polar surface area (TPSA) is 89.7 Å². The van der Waals surface area contributed by atoms with Gasteiger partial charge in [0.1, 0.15) is 5.82 Å². The summed E-state index contributed by atoms with van der Waals surface area (Å²) >= 11 is 0. The van der Waals surface area contributed by atoms with E-state index in [1.165, 1.54) is 6.20 Å². The first-order valence-corrected chi connectivity index (χ1v) is 7.14. The number of rotatable bonds is 2. The lowest BCUT2D eigenvalue weighted by Crippen LogP contribution is -2.36. The molecular weight excluding hydrogens is 272 g/mol. The van der Waals surface area contributed by atoms with Crippen LogP contribution in [-0.2, 0) is 9.47 Å². The molecule has 2 fully saturated rings. The van der Waals surface area contributed by atoms with Gasteiger partial charge in [-0.1, -0.05) is 0 Å². The van der Waals surface area contributed by atoms with E-state index >= 15 is 0 Å². The first kappa shape index (κ1) is 15.7. The summed E-state index contributed by atoms with van der Waals surface area (Å²) in [6, 6.07) is 3.51. The largest absolute Gasteiger partial charge is 0.379 e. The van der Waals surface area contributed by atoms with Crippen LogP contribution in [0.3, 0.4) is 0 Å². The lowest BCUT2D eigenvalue weighted by atomic mass is 10.2. The monoisotopic (exact) mass is 294 g/mol. The third kappa shape index (κ3) is 5.30. The summed E-state index contributed by atoms with van der Waals surface area (Å²) in [6.45, 7) is 6.95. The zero-order valence-electron chi connectivity index (χ0n) is 12.1. The Labute approximate surface area is 124 Å². The number of ether oxygens (including phenoxy) is 2. The number of nitrogens with two attached hydrogens (primary N) is 1. The smallest absolute Gasteiger partial charge is 0.250 e. The van der Waals surface area contributed by atoms with Crippen LogP contribution >= 0.6 is 0 Å². The Bertz CT molecular complexity index is 417. The normalized spacial score (nSPS) is 18.6. The second-order valence-electron chi connectivity index (χ2n) is 4.73. The molecule has 2 aliphatic heterocycles. The molecule has 1 amide bonds. The van der Waals surface area contributed by atoms with Crippen molar-refractivity contribution < 1.29 is 14.3 Å². The number of morpholine rings is 2. The van der Waals surface area contributed by atoms with Gasteiger partial charge in [-0.15, -0.1) is 0 Å². The standard InChI is InChI=1S/C10H13N3O2.C4H9NO/c11-10(14)8-1-2-9(12-7-8)13-3-5-15-6-4-13;1-3-6-4-2-5-1/h1-2,7H,3-6H2,(H2,11,14);5H,1-4H2. The zero-order chi connectivity index (χ0) is 14.9. The van der Waals surface area contributed by atoms with Crippen molar-refractivity contribution in [2.24, 2.45) is 5.73 Å². The van der Waals surface area contributed by atoms with Gasteiger partial charge in [0, 0.05) is 32.4 Å². The van der Waals surface area contributed by atoms with E-state index in [0.717, 1.165) is 58.4 Å². The Morgan fingerprint density at radius 2 is 1.81 bits per heavy atom. The second kappa shape index (κ2) is 8.56. The molecule has 0 radical (unpaired) electrons. The molecule has 1 aromatic rings. The SMILES string of the molecule is C1COCCN1.NC(=O)c1ccc(N2CCOCC2)nc1. The van der Waals surface area contributed by atoms with E-state index in [9.17, 15) is 4.79 Å². The maximum atomic E-state index is 10.8. The number of primary amides is 1. The maximum Gasteiger partial charge on any atom is 0.250 e. The average molecular weight is 294 g/mol. The van der Waals surface area contributed by atoms with Crippen LogP contribution in [0.25, 0.3) is 0 Å². The highest BCUT2D eigenvalue weighted by Gasteiger charge is 2.12. The van der Waals surface area contributed by atoms with Crippen LogP contribution in [0.4, 0.5) is 5.82 Å². The number of hydrogen-bond acceptors (Lipinski definition) is 6. The van der Waals surface area contributed by atoms with Crippen molar-refractivity contribution in [3.63, 3.8) is 0 Å². The van der Waals surface area contributed by atoms with Crippen molar-refractivity contribution in [2.45, 2.75) is 0 Å². The average Bonchev–Trinajstić information content (AvgIpc) is 2.58. The van der Waals surface area contributed by atoms with Gasteiger partial charge in [-0.25, -0.2) is 4.98 Å². The van der Waals surface area contributed by atoms with Crippen molar-refractivity contribution in [3.8, 4) is 0 Å². The molecule has 0 aromatic carbocycles. The van der Waals surface area contributed by atoms with Crippen LogP contribution < -0.4 is 16.0 Å². The number of nitrogens with zero attached hydrogens (tertiary/aromatic N) is 2. The number of hydrogen-bond donors (Lipinski definition) is 2. The van der Waals surface area contributed by atoms with Gasteiger partial charge in [0.05, 0.1) is 32.0 Å². The van der Waals surface area contributed by atoms with E-state index in [4.69, 9.17) is 15.2 Å². The minimum Gasteiger partial charge on any atom is -0.379 e. The molecule has 7 heteroatoms. The molecule has 2 aliphatic rings. The van der Waals surface area contributed by atoms with E-state index in [0.29, 0.717) is 5.56 Å². The van der Waals surface area contributed by atoms with Gasteiger partial charge in [-0.3, -0.25) is 4.79 Å². The number of pyridine rings is 1. The minimum atomic E-state index is -0.448. The highest BCUT2D eigenvalue weighted by atomic mass is 16.5. The quantitative estimate of drug-likeness (QED) is 0.773. The third-order valence-corrected chi connectivity index (χ3v) is 3.21. The molecule has 1 aromatic heterocycles. The molecule has 0 spiro atoms. The Morgan fingerprint density at radius 3 is 2.24 bits per heavy atom. The van der Waals surface area contributed by atoms with Crippen LogP contribution in [0.5, 0.6) is 0 Å². The van der Waals surface area contributed by atoms with Crippen LogP contribution in [0, 0.1) is 0 Å². The van der Waals surface area contributed by atoms with Gasteiger partial charge < -0.3 is 25.4 Å². The molecule has 3 heterocycles. The van der Waals surface area contributed by atoms with Crippen molar-refractivity contribution >= 4 is 11.7 Å². The first-order chi connectivity index (χ1) is 10.3. The lowest BCUT2D eigenvalue weighted by molar-refractivity contribution is 0.0999. The molecule has 3 N–H and O–H groups in total. The van der Waals surface area contributed by atoms with Gasteiger partial charge in [0.15, 0.2) is 0 Å². The first-order valence-electron chi connectivity index (χ1n) is 7.14. The number of carbonyl (C=O) groups excluding carboxylic acids is 1. The van der Waals surface area contributed by atoms with Gasteiger partial charge in [-0.2, -0.15) is 0 Å². The summed E-state index contributed by atoms with van der Waals surface area (Å²) in [6.07, 6.45) is 1.51. The molecule has 21 heavy (non-hydrogen) atoms. The fourth-order valence-corrected chi connectivity index (χ4v) is 2.03. The van der Waals surface area contributed by atoms with Crippen molar-refractivity contribution in [1.82, 2.24) is 10.3 Å². The zero-order valence-corrected chi connectivity index (χ0v) is 12.1. The predicted molar refractivity (Wildman–Crippen MR) is 79.5 cm³/mol. The molecule has 2 saturated heterocycles. The molecule has 116 valence electrons. The van der Waals surface area contributed by atoms with Crippen LogP contribution in [0.2, 0.25) is 0 Å². The maximum absolute atomic E-state index is 10.8. The van der Waals surface area contributed by atoms with E-state index in [1.807, 2.05) is 6.07 Å². The number of carbonyl (C=O) groups is 1. The summed E-state index contributed by atoms with van der Waals surface area (Å²) in [4.78, 5) is 17.1. The summed E-state index contributed by atoms with van der Waals surface area (Å²) < 4.78 is 10.2. The molecule has 0 saturated carbocycles. The predicted octanol–water partition coefficient (Wildman–Crippen LogP) is -0.377. The second-order valence-corrected chi connectivity index (χ2v) is 4.73. The fraction of sp³-hybridized carbons (Fsp3) is 0.571. The van der Waals surface area contributed by atoms with Crippen LogP contribution in [0.1, 0.15) is 10.4 Å². The van der Waals surface area contributed by atoms with E-state index in [1.54, 1.807) is 6.07 Å². The molecule has 0 bridgehead atoms. The number of nitrogens with one attached hydrogen (secondary N) is 1. The van der Waals surface area contributed by atoms with Gasteiger partial charge in [0.2, 0.25) is 5.91 Å². The van der Waals surface area contributed by atoms with Crippen molar-refractivity contribution in [2.75, 3.05) is 57.5 Å². The summed E-state index contributed by atoms with van der Waals surface area (Å²) in [7, 11) is 0. The van der Waals surface area contributed by atoms with Gasteiger partial charge in [-0.05, 0) is 12.1 Å². The molecule has 0 unspecified atom stereocenters. The van der Waals surface area contributed by atoms with Crippen molar-refractivity contribution in [3.05, 3.63) is 23.9 Å². The number of aromatic nitrogens is 1. The lowest BCUT2D eigenvalue weighted by Gasteiger charge is -2.27. The van der Waals surface area contributed by atoms with Crippen LogP contribution in [0.15, 0.2) is 18.3 Å². The Hall–Kier alpha value is -1.70. The van der Waals surface area contributed by atoms with Gasteiger partial charge in [0.25, 0.3) is 0 Å². The Morgan fingerprint density at radius 1 is 1.14 bits per heavy atom. The Kier molecular flexibility index (Phi) is 6.39. The van der Waals surface area contributed by atoms with E-state index in [2.05, 4.69) is 15.2 Å². The highest BCUT2D eigenvalue weighted by molar-refractivity contribution is 5.92. The number of amides is 1. The van der Waals surface area contributed by atoms with Crippen LogP contribution in [-0.4, -0.2) is 63.5 Å². The van der Waals surface area contributed by atoms with Crippen molar-refractivity contribution in [1.29, 1.82) is 0 Å². The summed E-state index contributed by atoms with van der Waals surface area (Å²) in [5.74, 6) is 0.416. The van der Waals surface area contributed by atoms with E-state index in [-0.39, 0.29) is 0 Å². The number of anilines is 1. The molecule has 0 aliphatic carbocycles. The Balaban J connectivity index is 0.000000225. The highest BCUT2D eigenvalue weighted by Crippen LogP contribution is 2.12. The summed E-state index contributed by atoms with van der Waals surface area (Å²) in [5.41, 5.74) is 5.57.